The van der Waals surface area contributed by atoms with Crippen molar-refractivity contribution in [1.29, 1.82) is 0 Å². The van der Waals surface area contributed by atoms with Crippen molar-refractivity contribution in [2.24, 2.45) is 5.73 Å². The van der Waals surface area contributed by atoms with Gasteiger partial charge in [-0.05, 0) is 24.3 Å². The molecule has 0 amide bonds. The molecule has 0 aliphatic heterocycles. The van der Waals surface area contributed by atoms with Crippen LogP contribution in [-0.4, -0.2) is 29.3 Å². The van der Waals surface area contributed by atoms with Crippen molar-refractivity contribution in [3.63, 3.8) is 0 Å². The fourth-order valence-corrected chi connectivity index (χ4v) is 2.54. The predicted molar refractivity (Wildman–Crippen MR) is 84.6 cm³/mol. The highest BCUT2D eigenvalue weighted by atomic mass is 16.5. The Morgan fingerprint density at radius 1 is 1.10 bits per heavy atom. The number of benzene rings is 2. The molecular weight excluding hydrogens is 262 g/mol. The van der Waals surface area contributed by atoms with E-state index in [4.69, 9.17) is 15.5 Å². The van der Waals surface area contributed by atoms with Crippen LogP contribution in [0.15, 0.2) is 54.6 Å². The van der Waals surface area contributed by atoms with Gasteiger partial charge in [0.25, 0.3) is 0 Å². The highest BCUT2D eigenvalue weighted by molar-refractivity contribution is 5.78. The van der Waals surface area contributed by atoms with Crippen molar-refractivity contribution in [3.05, 3.63) is 60.4 Å². The van der Waals surface area contributed by atoms with Crippen LogP contribution < -0.4 is 5.73 Å². The number of imidazole rings is 1. The van der Waals surface area contributed by atoms with Gasteiger partial charge < -0.3 is 10.5 Å². The zero-order valence-corrected chi connectivity index (χ0v) is 12.1. The van der Waals surface area contributed by atoms with Crippen LogP contribution in [-0.2, 0) is 11.2 Å². The summed E-state index contributed by atoms with van der Waals surface area (Å²) in [6, 6.07) is 18.4. The molecule has 0 bridgehead atoms. The second kappa shape index (κ2) is 6.08. The van der Waals surface area contributed by atoms with Gasteiger partial charge in [0.1, 0.15) is 5.82 Å². The summed E-state index contributed by atoms with van der Waals surface area (Å²) in [5.74, 6) is 0.972. The molecule has 0 spiro atoms. The van der Waals surface area contributed by atoms with Gasteiger partial charge in [-0.15, -0.1) is 0 Å². The molecule has 4 heteroatoms. The van der Waals surface area contributed by atoms with Gasteiger partial charge >= 0.3 is 0 Å². The first kappa shape index (κ1) is 13.8. The molecule has 108 valence electrons. The number of ether oxygens (including phenoxy) is 1. The molecule has 3 aromatic rings. The summed E-state index contributed by atoms with van der Waals surface area (Å²) in [7, 11) is 1.69. The van der Waals surface area contributed by atoms with E-state index < -0.39 is 0 Å². The van der Waals surface area contributed by atoms with E-state index >= 15 is 0 Å². The van der Waals surface area contributed by atoms with E-state index in [0.29, 0.717) is 13.0 Å². The molecule has 0 saturated carbocycles. The van der Waals surface area contributed by atoms with Crippen molar-refractivity contribution >= 4 is 11.0 Å². The standard InChI is InChI=1S/C17H19N3O/c1-21-14(12-18)11-17-19-15-9-5-6-10-16(15)20(17)13-7-3-2-4-8-13/h2-10,14H,11-12,18H2,1H3. The van der Waals surface area contributed by atoms with Crippen molar-refractivity contribution in [2.75, 3.05) is 13.7 Å². The Labute approximate surface area is 124 Å². The van der Waals surface area contributed by atoms with E-state index in [2.05, 4.69) is 22.8 Å². The Hall–Kier alpha value is -2.17. The summed E-state index contributed by atoms with van der Waals surface area (Å²) in [6.07, 6.45) is 0.667. The molecule has 2 aromatic carbocycles. The van der Waals surface area contributed by atoms with Crippen LogP contribution in [0.2, 0.25) is 0 Å². The Balaban J connectivity index is 2.15. The minimum atomic E-state index is -0.0238. The minimum absolute atomic E-state index is 0.0238. The van der Waals surface area contributed by atoms with E-state index in [-0.39, 0.29) is 6.10 Å². The van der Waals surface area contributed by atoms with Crippen LogP contribution in [0.4, 0.5) is 0 Å². The lowest BCUT2D eigenvalue weighted by Gasteiger charge is -2.14. The van der Waals surface area contributed by atoms with Crippen LogP contribution >= 0.6 is 0 Å². The van der Waals surface area contributed by atoms with E-state index in [1.54, 1.807) is 7.11 Å². The van der Waals surface area contributed by atoms with E-state index in [1.165, 1.54) is 0 Å². The van der Waals surface area contributed by atoms with E-state index in [0.717, 1.165) is 22.5 Å². The Bertz CT molecular complexity index is 717. The second-order valence-electron chi connectivity index (χ2n) is 4.99. The zero-order valence-electron chi connectivity index (χ0n) is 12.1. The van der Waals surface area contributed by atoms with Crippen LogP contribution in [0, 0.1) is 0 Å². The largest absolute Gasteiger partial charge is 0.380 e. The Morgan fingerprint density at radius 3 is 2.52 bits per heavy atom. The quantitative estimate of drug-likeness (QED) is 0.782. The van der Waals surface area contributed by atoms with Crippen molar-refractivity contribution in [3.8, 4) is 5.69 Å². The van der Waals surface area contributed by atoms with Gasteiger partial charge in [0, 0.05) is 25.8 Å². The number of hydrogen-bond acceptors (Lipinski definition) is 3. The first-order valence-corrected chi connectivity index (χ1v) is 7.08. The topological polar surface area (TPSA) is 53.1 Å². The summed E-state index contributed by atoms with van der Waals surface area (Å²) < 4.78 is 7.59. The average Bonchev–Trinajstić information content (AvgIpc) is 2.91. The molecule has 21 heavy (non-hydrogen) atoms. The number of hydrogen-bond donors (Lipinski definition) is 1. The van der Waals surface area contributed by atoms with Crippen molar-refractivity contribution < 1.29 is 4.74 Å². The molecule has 3 rings (SSSR count). The number of rotatable bonds is 5. The van der Waals surface area contributed by atoms with Crippen LogP contribution in [0.1, 0.15) is 5.82 Å². The maximum absolute atomic E-state index is 5.75. The number of fused-ring (bicyclic) bond motifs is 1. The van der Waals surface area contributed by atoms with Gasteiger partial charge in [-0.25, -0.2) is 4.98 Å². The maximum atomic E-state index is 5.75. The number of aromatic nitrogens is 2. The molecule has 2 N–H and O–H groups in total. The number of nitrogens with two attached hydrogens (primary N) is 1. The normalized spacial score (nSPS) is 12.7. The highest BCUT2D eigenvalue weighted by Gasteiger charge is 2.16. The molecule has 1 unspecified atom stereocenters. The molecular formula is C17H19N3O. The average molecular weight is 281 g/mol. The fraction of sp³-hybridized carbons (Fsp3) is 0.235. The maximum Gasteiger partial charge on any atom is 0.117 e. The molecule has 1 aromatic heterocycles. The van der Waals surface area contributed by atoms with Crippen LogP contribution in [0.3, 0.4) is 0 Å². The second-order valence-corrected chi connectivity index (χ2v) is 4.99. The monoisotopic (exact) mass is 281 g/mol. The third-order valence-electron chi connectivity index (χ3n) is 3.65. The number of methoxy groups -OCH3 is 1. The first-order chi connectivity index (χ1) is 10.3. The Morgan fingerprint density at radius 2 is 1.81 bits per heavy atom. The highest BCUT2D eigenvalue weighted by Crippen LogP contribution is 2.22. The van der Waals surface area contributed by atoms with E-state index in [1.807, 2.05) is 36.4 Å². The lowest BCUT2D eigenvalue weighted by molar-refractivity contribution is 0.108. The van der Waals surface area contributed by atoms with Gasteiger partial charge in [-0.2, -0.15) is 0 Å². The lowest BCUT2D eigenvalue weighted by atomic mass is 10.2. The summed E-state index contributed by atoms with van der Waals surface area (Å²) in [4.78, 5) is 4.75. The molecule has 0 radical (unpaired) electrons. The van der Waals surface area contributed by atoms with Crippen molar-refractivity contribution in [1.82, 2.24) is 9.55 Å². The molecule has 4 nitrogen and oxygen atoms in total. The molecule has 0 aliphatic rings. The summed E-state index contributed by atoms with van der Waals surface area (Å²) in [5, 5.41) is 0. The molecule has 1 heterocycles. The number of nitrogens with zero attached hydrogens (tertiary/aromatic N) is 2. The third kappa shape index (κ3) is 2.68. The SMILES string of the molecule is COC(CN)Cc1nc2ccccc2n1-c1ccccc1. The molecule has 1 atom stereocenters. The lowest BCUT2D eigenvalue weighted by Crippen LogP contribution is -2.26. The minimum Gasteiger partial charge on any atom is -0.380 e. The smallest absolute Gasteiger partial charge is 0.117 e. The van der Waals surface area contributed by atoms with Gasteiger partial charge in [0.2, 0.25) is 0 Å². The van der Waals surface area contributed by atoms with Gasteiger partial charge in [-0.1, -0.05) is 30.3 Å². The summed E-state index contributed by atoms with van der Waals surface area (Å²) in [5.41, 5.74) is 8.95. The number of para-hydroxylation sites is 3. The van der Waals surface area contributed by atoms with Crippen LogP contribution in [0.25, 0.3) is 16.7 Å². The zero-order chi connectivity index (χ0) is 14.7. The third-order valence-corrected chi connectivity index (χ3v) is 3.65. The van der Waals surface area contributed by atoms with E-state index in [9.17, 15) is 0 Å². The summed E-state index contributed by atoms with van der Waals surface area (Å²) in [6.45, 7) is 0.481. The van der Waals surface area contributed by atoms with Gasteiger partial charge in [0.15, 0.2) is 0 Å². The van der Waals surface area contributed by atoms with Crippen LogP contribution in [0.5, 0.6) is 0 Å². The Kier molecular flexibility index (Phi) is 3.99. The summed E-state index contributed by atoms with van der Waals surface area (Å²) >= 11 is 0. The fourth-order valence-electron chi connectivity index (χ4n) is 2.54. The van der Waals surface area contributed by atoms with Gasteiger partial charge in [-0.3, -0.25) is 4.57 Å². The predicted octanol–water partition coefficient (Wildman–Crippen LogP) is 2.54. The van der Waals surface area contributed by atoms with Crippen molar-refractivity contribution in [2.45, 2.75) is 12.5 Å². The van der Waals surface area contributed by atoms with Gasteiger partial charge in [0.05, 0.1) is 17.1 Å². The first-order valence-electron chi connectivity index (χ1n) is 7.08. The molecule has 0 fully saturated rings. The molecule has 0 aliphatic carbocycles. The molecule has 0 saturated heterocycles.